The first kappa shape index (κ1) is 17.0. The maximum atomic E-state index is 3.36. The number of unbranched alkanes of at least 4 members (excludes halogenated alkanes) is 4. The smallest absolute Gasteiger partial charge is 0.0580 e. The molecule has 1 aromatic carbocycles. The van der Waals surface area contributed by atoms with Crippen molar-refractivity contribution in [2.24, 2.45) is 0 Å². The van der Waals surface area contributed by atoms with Gasteiger partial charge in [-0.15, -0.1) is 12.4 Å². The highest BCUT2D eigenvalue weighted by Gasteiger charge is 1.88. The van der Waals surface area contributed by atoms with Crippen molar-refractivity contribution < 1.29 is 0 Å². The van der Waals surface area contributed by atoms with Crippen molar-refractivity contribution in [2.75, 3.05) is 13.1 Å². The molecule has 100 valence electrons. The molecule has 0 unspecified atom stereocenters. The van der Waals surface area contributed by atoms with Crippen LogP contribution in [-0.4, -0.2) is 13.1 Å². The Bertz CT molecular complexity index is 337. The Labute approximate surface area is 118 Å². The lowest BCUT2D eigenvalue weighted by Gasteiger charge is -2.00. The fourth-order valence-corrected chi connectivity index (χ4v) is 1.67. The zero-order valence-corrected chi connectivity index (χ0v) is 12.1. The normalized spacial score (nSPS) is 9.17. The highest BCUT2D eigenvalue weighted by Crippen LogP contribution is 2.00. The molecule has 0 amide bonds. The SMILES string of the molecule is CCCCCCCNCC#Cc1ccccc1.Cl. The van der Waals surface area contributed by atoms with Gasteiger partial charge in [-0.05, 0) is 25.1 Å². The van der Waals surface area contributed by atoms with Gasteiger partial charge in [0.1, 0.15) is 0 Å². The van der Waals surface area contributed by atoms with E-state index in [1.807, 2.05) is 30.3 Å². The first-order valence-corrected chi connectivity index (χ1v) is 6.68. The van der Waals surface area contributed by atoms with Gasteiger partial charge >= 0.3 is 0 Å². The van der Waals surface area contributed by atoms with Gasteiger partial charge in [0.05, 0.1) is 6.54 Å². The van der Waals surface area contributed by atoms with E-state index in [9.17, 15) is 0 Å². The molecule has 0 aliphatic carbocycles. The third-order valence-electron chi connectivity index (χ3n) is 2.68. The monoisotopic (exact) mass is 265 g/mol. The van der Waals surface area contributed by atoms with Gasteiger partial charge in [-0.3, -0.25) is 0 Å². The number of benzene rings is 1. The molecule has 0 saturated heterocycles. The van der Waals surface area contributed by atoms with Crippen molar-refractivity contribution in [3.8, 4) is 11.8 Å². The van der Waals surface area contributed by atoms with E-state index in [1.54, 1.807) is 0 Å². The molecule has 0 aliphatic rings. The molecule has 0 aliphatic heterocycles. The van der Waals surface area contributed by atoms with Crippen LogP contribution in [0.4, 0.5) is 0 Å². The highest BCUT2D eigenvalue weighted by atomic mass is 35.5. The quantitative estimate of drug-likeness (QED) is 0.580. The number of hydrogen-bond acceptors (Lipinski definition) is 1. The minimum Gasteiger partial charge on any atom is -0.306 e. The summed E-state index contributed by atoms with van der Waals surface area (Å²) in [5.41, 5.74) is 1.09. The zero-order chi connectivity index (χ0) is 12.2. The van der Waals surface area contributed by atoms with Gasteiger partial charge < -0.3 is 5.32 Å². The van der Waals surface area contributed by atoms with Gasteiger partial charge in [-0.2, -0.15) is 0 Å². The van der Waals surface area contributed by atoms with Crippen LogP contribution in [0.3, 0.4) is 0 Å². The Morgan fingerprint density at radius 1 is 1.00 bits per heavy atom. The summed E-state index contributed by atoms with van der Waals surface area (Å²) in [6.07, 6.45) is 6.66. The second kappa shape index (κ2) is 12.5. The molecule has 0 fully saturated rings. The Morgan fingerprint density at radius 2 is 1.72 bits per heavy atom. The van der Waals surface area contributed by atoms with Crippen molar-refractivity contribution in [2.45, 2.75) is 39.0 Å². The Hall–Kier alpha value is -0.970. The molecular formula is C16H24ClN. The summed E-state index contributed by atoms with van der Waals surface area (Å²) in [7, 11) is 0. The average molecular weight is 266 g/mol. The van der Waals surface area contributed by atoms with Gasteiger partial charge in [-0.1, -0.05) is 62.6 Å². The van der Waals surface area contributed by atoms with Gasteiger partial charge in [0.25, 0.3) is 0 Å². The third-order valence-corrected chi connectivity index (χ3v) is 2.68. The minimum atomic E-state index is 0. The average Bonchev–Trinajstić information content (AvgIpc) is 2.38. The van der Waals surface area contributed by atoms with Crippen LogP contribution in [0.2, 0.25) is 0 Å². The molecule has 0 bridgehead atoms. The van der Waals surface area contributed by atoms with Gasteiger partial charge in [0.15, 0.2) is 0 Å². The fourth-order valence-electron chi connectivity index (χ4n) is 1.67. The molecule has 1 rings (SSSR count). The topological polar surface area (TPSA) is 12.0 Å². The van der Waals surface area contributed by atoms with E-state index in [4.69, 9.17) is 0 Å². The van der Waals surface area contributed by atoms with Crippen LogP contribution >= 0.6 is 12.4 Å². The van der Waals surface area contributed by atoms with Crippen LogP contribution in [0.15, 0.2) is 30.3 Å². The minimum absolute atomic E-state index is 0. The lowest BCUT2D eigenvalue weighted by atomic mass is 10.1. The molecule has 0 radical (unpaired) electrons. The van der Waals surface area contributed by atoms with E-state index in [-0.39, 0.29) is 12.4 Å². The number of nitrogens with one attached hydrogen (secondary N) is 1. The van der Waals surface area contributed by atoms with E-state index in [0.29, 0.717) is 0 Å². The van der Waals surface area contributed by atoms with E-state index in [1.165, 1.54) is 32.1 Å². The molecule has 0 saturated carbocycles. The summed E-state index contributed by atoms with van der Waals surface area (Å²) in [5, 5.41) is 3.36. The summed E-state index contributed by atoms with van der Waals surface area (Å²) >= 11 is 0. The molecule has 0 heterocycles. The molecule has 18 heavy (non-hydrogen) atoms. The van der Waals surface area contributed by atoms with E-state index in [2.05, 4.69) is 24.1 Å². The summed E-state index contributed by atoms with van der Waals surface area (Å²) in [6.45, 7) is 4.13. The predicted molar refractivity (Wildman–Crippen MR) is 82.2 cm³/mol. The van der Waals surface area contributed by atoms with Crippen LogP contribution in [0.25, 0.3) is 0 Å². The van der Waals surface area contributed by atoms with Crippen LogP contribution in [0, 0.1) is 11.8 Å². The second-order valence-electron chi connectivity index (χ2n) is 4.26. The molecule has 2 heteroatoms. The Balaban J connectivity index is 0.00000289. The molecule has 1 nitrogen and oxygen atoms in total. The third kappa shape index (κ3) is 9.10. The van der Waals surface area contributed by atoms with Crippen molar-refractivity contribution in [3.05, 3.63) is 35.9 Å². The van der Waals surface area contributed by atoms with Crippen molar-refractivity contribution in [1.29, 1.82) is 0 Å². The van der Waals surface area contributed by atoms with Crippen LogP contribution in [0.1, 0.15) is 44.6 Å². The van der Waals surface area contributed by atoms with Crippen molar-refractivity contribution in [1.82, 2.24) is 5.32 Å². The highest BCUT2D eigenvalue weighted by molar-refractivity contribution is 5.85. The number of rotatable bonds is 7. The maximum Gasteiger partial charge on any atom is 0.0580 e. The molecule has 1 N–H and O–H groups in total. The maximum absolute atomic E-state index is 3.36. The standard InChI is InChI=1S/C16H23N.ClH/c1-2-3-4-5-9-14-17-15-10-13-16-11-7-6-8-12-16;/h6-8,11-12,17H,2-5,9,14-15H2,1H3;1H. The van der Waals surface area contributed by atoms with Crippen LogP contribution in [-0.2, 0) is 0 Å². The summed E-state index contributed by atoms with van der Waals surface area (Å²) in [6, 6.07) is 10.1. The van der Waals surface area contributed by atoms with Gasteiger partial charge in [0, 0.05) is 5.56 Å². The molecule has 1 aromatic rings. The van der Waals surface area contributed by atoms with Gasteiger partial charge in [0.2, 0.25) is 0 Å². The molecule has 0 aromatic heterocycles. The van der Waals surface area contributed by atoms with Crippen molar-refractivity contribution in [3.63, 3.8) is 0 Å². The predicted octanol–water partition coefficient (Wildman–Crippen LogP) is 4.02. The zero-order valence-electron chi connectivity index (χ0n) is 11.2. The van der Waals surface area contributed by atoms with E-state index < -0.39 is 0 Å². The largest absolute Gasteiger partial charge is 0.306 e. The first-order chi connectivity index (χ1) is 8.43. The lowest BCUT2D eigenvalue weighted by Crippen LogP contribution is -2.15. The van der Waals surface area contributed by atoms with Crippen LogP contribution in [0.5, 0.6) is 0 Å². The Morgan fingerprint density at radius 3 is 2.44 bits per heavy atom. The van der Waals surface area contributed by atoms with E-state index >= 15 is 0 Å². The van der Waals surface area contributed by atoms with Crippen LogP contribution < -0.4 is 5.32 Å². The summed E-state index contributed by atoms with van der Waals surface area (Å²) in [5.74, 6) is 6.29. The lowest BCUT2D eigenvalue weighted by molar-refractivity contribution is 0.602. The summed E-state index contributed by atoms with van der Waals surface area (Å²) < 4.78 is 0. The fraction of sp³-hybridized carbons (Fsp3) is 0.500. The number of hydrogen-bond donors (Lipinski definition) is 1. The second-order valence-corrected chi connectivity index (χ2v) is 4.26. The van der Waals surface area contributed by atoms with Crippen molar-refractivity contribution >= 4 is 12.4 Å². The Kier molecular flexibility index (Phi) is 11.8. The number of halogens is 1. The first-order valence-electron chi connectivity index (χ1n) is 6.68. The van der Waals surface area contributed by atoms with E-state index in [0.717, 1.165) is 18.7 Å². The summed E-state index contributed by atoms with van der Waals surface area (Å²) in [4.78, 5) is 0. The molecule has 0 spiro atoms. The molecular weight excluding hydrogens is 242 g/mol. The molecule has 0 atom stereocenters. The van der Waals surface area contributed by atoms with Gasteiger partial charge in [-0.25, -0.2) is 0 Å².